The number of rotatable bonds is 0. The summed E-state index contributed by atoms with van der Waals surface area (Å²) in [5.74, 6) is -0.134. The number of aliphatic hydroxyl groups excluding tert-OH is 2. The molecule has 120 valence electrons. The molecule has 0 saturated heterocycles. The molecule has 0 aromatic carbocycles. The zero-order chi connectivity index (χ0) is 16.0. The highest BCUT2D eigenvalue weighted by molar-refractivity contribution is 5.70. The van der Waals surface area contributed by atoms with Crippen molar-refractivity contribution < 1.29 is 19.7 Å². The van der Waals surface area contributed by atoms with E-state index < -0.39 is 12.2 Å². The fraction of sp³-hybridized carbons (Fsp3) is 0.706. The van der Waals surface area contributed by atoms with Crippen molar-refractivity contribution in [2.24, 2.45) is 5.92 Å². The number of carbonyl (C=O) groups excluding carboxylic acids is 1. The Kier molecular flexibility index (Phi) is 7.12. The molecule has 0 radical (unpaired) electrons. The van der Waals surface area contributed by atoms with Crippen LogP contribution in [0.1, 0.15) is 53.4 Å². The van der Waals surface area contributed by atoms with Gasteiger partial charge in [-0.1, -0.05) is 19.1 Å². The van der Waals surface area contributed by atoms with Gasteiger partial charge in [0.05, 0.1) is 18.6 Å². The average Bonchev–Trinajstić information content (AvgIpc) is 2.42. The van der Waals surface area contributed by atoms with Crippen LogP contribution in [-0.2, 0) is 9.53 Å². The Morgan fingerprint density at radius 3 is 2.38 bits per heavy atom. The van der Waals surface area contributed by atoms with E-state index in [2.05, 4.69) is 0 Å². The largest absolute Gasteiger partial charge is 0.462 e. The number of hydrogen-bond donors (Lipinski definition) is 2. The minimum atomic E-state index is -0.848. The van der Waals surface area contributed by atoms with Crippen LogP contribution in [0.2, 0.25) is 0 Å². The van der Waals surface area contributed by atoms with E-state index in [1.807, 2.05) is 26.8 Å². The van der Waals surface area contributed by atoms with Crippen molar-refractivity contribution in [1.82, 2.24) is 0 Å². The van der Waals surface area contributed by atoms with Crippen molar-refractivity contribution in [3.63, 3.8) is 0 Å². The third-order valence-corrected chi connectivity index (χ3v) is 4.28. The Morgan fingerprint density at radius 1 is 1.10 bits per heavy atom. The number of esters is 1. The van der Waals surface area contributed by atoms with E-state index in [4.69, 9.17) is 4.74 Å². The standard InChI is InChI=1S/C17H28O4/c1-11-6-5-7-12(2)15(18)9-8-13(3)16(19)10-17(20)21-14(11)4/h7-8,11,14-16,18-19H,5-6,9-10H2,1-4H3/b12-7+,13-8+. The highest BCUT2D eigenvalue weighted by atomic mass is 16.5. The highest BCUT2D eigenvalue weighted by Crippen LogP contribution is 2.19. The molecule has 4 heteroatoms. The van der Waals surface area contributed by atoms with Crippen LogP contribution < -0.4 is 0 Å². The summed E-state index contributed by atoms with van der Waals surface area (Å²) in [5, 5.41) is 20.1. The van der Waals surface area contributed by atoms with E-state index in [0.717, 1.165) is 18.4 Å². The van der Waals surface area contributed by atoms with Gasteiger partial charge >= 0.3 is 5.97 Å². The van der Waals surface area contributed by atoms with Crippen molar-refractivity contribution >= 4 is 5.97 Å². The average molecular weight is 296 g/mol. The van der Waals surface area contributed by atoms with Gasteiger partial charge in [0.15, 0.2) is 0 Å². The van der Waals surface area contributed by atoms with Gasteiger partial charge in [-0.25, -0.2) is 0 Å². The van der Waals surface area contributed by atoms with E-state index in [1.54, 1.807) is 13.0 Å². The lowest BCUT2D eigenvalue weighted by Crippen LogP contribution is -2.25. The molecular formula is C17H28O4. The van der Waals surface area contributed by atoms with E-state index in [1.165, 1.54) is 0 Å². The predicted molar refractivity (Wildman–Crippen MR) is 82.7 cm³/mol. The second kappa shape index (κ2) is 8.35. The van der Waals surface area contributed by atoms with Crippen LogP contribution in [0.3, 0.4) is 0 Å². The molecular weight excluding hydrogens is 268 g/mol. The fourth-order valence-electron chi connectivity index (χ4n) is 2.25. The van der Waals surface area contributed by atoms with Gasteiger partial charge in [0.25, 0.3) is 0 Å². The maximum Gasteiger partial charge on any atom is 0.309 e. The summed E-state index contributed by atoms with van der Waals surface area (Å²) < 4.78 is 5.38. The highest BCUT2D eigenvalue weighted by Gasteiger charge is 2.20. The van der Waals surface area contributed by atoms with Crippen LogP contribution in [0.15, 0.2) is 23.3 Å². The molecule has 1 aliphatic heterocycles. The zero-order valence-corrected chi connectivity index (χ0v) is 13.5. The van der Waals surface area contributed by atoms with Crippen molar-refractivity contribution in [1.29, 1.82) is 0 Å². The van der Waals surface area contributed by atoms with E-state index in [9.17, 15) is 15.0 Å². The first-order chi connectivity index (χ1) is 9.81. The molecule has 4 unspecified atom stereocenters. The lowest BCUT2D eigenvalue weighted by Gasteiger charge is -2.22. The molecule has 0 saturated carbocycles. The van der Waals surface area contributed by atoms with Crippen LogP contribution in [0.4, 0.5) is 0 Å². The molecule has 2 N–H and O–H groups in total. The third-order valence-electron chi connectivity index (χ3n) is 4.28. The van der Waals surface area contributed by atoms with E-state index in [0.29, 0.717) is 12.0 Å². The summed E-state index contributed by atoms with van der Waals surface area (Å²) in [6, 6.07) is 0. The first kappa shape index (κ1) is 17.9. The molecule has 4 atom stereocenters. The molecule has 0 aliphatic carbocycles. The Hall–Kier alpha value is -1.13. The number of hydrogen-bond acceptors (Lipinski definition) is 4. The van der Waals surface area contributed by atoms with Gasteiger partial charge in [0.1, 0.15) is 6.10 Å². The Balaban J connectivity index is 2.87. The monoisotopic (exact) mass is 296 g/mol. The summed E-state index contributed by atoms with van der Waals surface area (Å²) in [5.41, 5.74) is 1.64. The fourth-order valence-corrected chi connectivity index (χ4v) is 2.25. The summed E-state index contributed by atoms with van der Waals surface area (Å²) >= 11 is 0. The minimum absolute atomic E-state index is 0.0374. The summed E-state index contributed by atoms with van der Waals surface area (Å²) in [6.07, 6.45) is 4.45. The van der Waals surface area contributed by atoms with Gasteiger partial charge in [-0.05, 0) is 57.1 Å². The second-order valence-electron chi connectivity index (χ2n) is 6.12. The van der Waals surface area contributed by atoms with Crippen LogP contribution in [0, 0.1) is 5.92 Å². The molecule has 1 rings (SSSR count). The number of ether oxygens (including phenoxy) is 1. The molecule has 1 aliphatic rings. The molecule has 1 heterocycles. The molecule has 0 aromatic rings. The van der Waals surface area contributed by atoms with Gasteiger partial charge in [-0.15, -0.1) is 0 Å². The molecule has 0 amide bonds. The number of aliphatic hydroxyl groups is 2. The lowest BCUT2D eigenvalue weighted by molar-refractivity contribution is -0.152. The Labute approximate surface area is 127 Å². The first-order valence-electron chi connectivity index (χ1n) is 7.70. The second-order valence-corrected chi connectivity index (χ2v) is 6.12. The smallest absolute Gasteiger partial charge is 0.309 e. The molecule has 0 spiro atoms. The molecule has 4 nitrogen and oxygen atoms in total. The van der Waals surface area contributed by atoms with Gasteiger partial charge < -0.3 is 14.9 Å². The molecule has 0 aromatic heterocycles. The van der Waals surface area contributed by atoms with Crippen molar-refractivity contribution in [2.45, 2.75) is 71.7 Å². The van der Waals surface area contributed by atoms with E-state index >= 15 is 0 Å². The SMILES string of the molecule is C/C1=C\CCC(C)C(C)OC(=O)CC(O)/C(C)=C/CC1O. The Bertz CT molecular complexity index is 411. The molecule has 0 bridgehead atoms. The topological polar surface area (TPSA) is 66.8 Å². The molecule has 21 heavy (non-hydrogen) atoms. The van der Waals surface area contributed by atoms with Crippen molar-refractivity contribution in [3.05, 3.63) is 23.3 Å². The summed E-state index contributed by atoms with van der Waals surface area (Å²) in [4.78, 5) is 11.8. The molecule has 0 fully saturated rings. The quantitative estimate of drug-likeness (QED) is 0.533. The number of allylic oxidation sites excluding steroid dienone is 1. The van der Waals surface area contributed by atoms with Gasteiger partial charge in [-0.2, -0.15) is 0 Å². The van der Waals surface area contributed by atoms with E-state index in [-0.39, 0.29) is 24.4 Å². The van der Waals surface area contributed by atoms with Crippen LogP contribution >= 0.6 is 0 Å². The van der Waals surface area contributed by atoms with Gasteiger partial charge in [0, 0.05) is 0 Å². The zero-order valence-electron chi connectivity index (χ0n) is 13.5. The maximum absolute atomic E-state index is 11.8. The van der Waals surface area contributed by atoms with Crippen LogP contribution in [0.25, 0.3) is 0 Å². The number of cyclic esters (lactones) is 1. The minimum Gasteiger partial charge on any atom is -0.462 e. The predicted octanol–water partition coefficient (Wildman–Crippen LogP) is 2.74. The van der Waals surface area contributed by atoms with Crippen molar-refractivity contribution in [3.8, 4) is 0 Å². The van der Waals surface area contributed by atoms with Crippen LogP contribution in [-0.4, -0.2) is 34.5 Å². The third kappa shape index (κ3) is 6.02. The van der Waals surface area contributed by atoms with Crippen LogP contribution in [0.5, 0.6) is 0 Å². The maximum atomic E-state index is 11.8. The van der Waals surface area contributed by atoms with Crippen molar-refractivity contribution in [2.75, 3.05) is 0 Å². The summed E-state index contributed by atoms with van der Waals surface area (Å²) in [7, 11) is 0. The van der Waals surface area contributed by atoms with Gasteiger partial charge in [0.2, 0.25) is 0 Å². The number of carbonyl (C=O) groups is 1. The Morgan fingerprint density at radius 2 is 1.71 bits per heavy atom. The first-order valence-corrected chi connectivity index (χ1v) is 7.70. The summed E-state index contributed by atoms with van der Waals surface area (Å²) in [6.45, 7) is 7.62. The lowest BCUT2D eigenvalue weighted by atomic mass is 9.97. The van der Waals surface area contributed by atoms with Gasteiger partial charge in [-0.3, -0.25) is 4.79 Å². The normalized spacial score (nSPS) is 38.5.